The number of rotatable bonds is 1. The number of hydrogen-bond donors (Lipinski definition) is 2. The van der Waals surface area contributed by atoms with Gasteiger partial charge < -0.3 is 15.5 Å². The van der Waals surface area contributed by atoms with Crippen molar-refractivity contribution in [3.05, 3.63) is 30.1 Å². The minimum absolute atomic E-state index is 0.134. The molecular weight excluding hydrogens is 221 g/mol. The number of anilines is 1. The summed E-state index contributed by atoms with van der Waals surface area (Å²) in [5.41, 5.74) is 0.614. The van der Waals surface area contributed by atoms with Gasteiger partial charge >= 0.3 is 6.03 Å². The van der Waals surface area contributed by atoms with E-state index >= 15 is 0 Å². The molecule has 0 spiro atoms. The van der Waals surface area contributed by atoms with Gasteiger partial charge in [-0.25, -0.2) is 9.18 Å². The summed E-state index contributed by atoms with van der Waals surface area (Å²) in [5, 5.41) is 6.02. The summed E-state index contributed by atoms with van der Waals surface area (Å²) >= 11 is 0. The van der Waals surface area contributed by atoms with Gasteiger partial charge in [0.1, 0.15) is 5.82 Å². The smallest absolute Gasteiger partial charge is 0.321 e. The van der Waals surface area contributed by atoms with E-state index in [4.69, 9.17) is 0 Å². The number of benzene rings is 1. The number of piperazine rings is 1. The number of amides is 2. The van der Waals surface area contributed by atoms with Gasteiger partial charge in [0.2, 0.25) is 0 Å². The normalized spacial score (nSPS) is 20.1. The Morgan fingerprint density at radius 3 is 2.82 bits per heavy atom. The molecule has 17 heavy (non-hydrogen) atoms. The lowest BCUT2D eigenvalue weighted by Gasteiger charge is -2.31. The Bertz CT molecular complexity index is 393. The van der Waals surface area contributed by atoms with Gasteiger partial charge in [-0.1, -0.05) is 0 Å². The van der Waals surface area contributed by atoms with Crippen LogP contribution in [0.5, 0.6) is 0 Å². The Labute approximate surface area is 99.8 Å². The average molecular weight is 237 g/mol. The number of carbonyl (C=O) groups excluding carboxylic acids is 1. The molecule has 0 bridgehead atoms. The summed E-state index contributed by atoms with van der Waals surface area (Å²) < 4.78 is 12.7. The quantitative estimate of drug-likeness (QED) is 0.780. The molecule has 1 aromatic rings. The fourth-order valence-corrected chi connectivity index (χ4v) is 1.85. The Hall–Kier alpha value is -1.62. The van der Waals surface area contributed by atoms with Crippen molar-refractivity contribution in [2.24, 2.45) is 0 Å². The summed E-state index contributed by atoms with van der Waals surface area (Å²) in [7, 11) is 0. The third kappa shape index (κ3) is 3.17. The largest absolute Gasteiger partial charge is 0.322 e. The number of nitrogens with zero attached hydrogens (tertiary/aromatic N) is 1. The van der Waals surface area contributed by atoms with Crippen LogP contribution in [-0.4, -0.2) is 36.6 Å². The highest BCUT2D eigenvalue weighted by molar-refractivity contribution is 5.89. The van der Waals surface area contributed by atoms with Crippen molar-refractivity contribution in [1.82, 2.24) is 10.2 Å². The van der Waals surface area contributed by atoms with E-state index in [0.29, 0.717) is 24.8 Å². The first-order chi connectivity index (χ1) is 8.15. The molecule has 92 valence electrons. The van der Waals surface area contributed by atoms with Crippen molar-refractivity contribution < 1.29 is 9.18 Å². The number of hydrogen-bond acceptors (Lipinski definition) is 2. The van der Waals surface area contributed by atoms with Crippen molar-refractivity contribution >= 4 is 11.7 Å². The van der Waals surface area contributed by atoms with Gasteiger partial charge in [0, 0.05) is 31.4 Å². The predicted octanol–water partition coefficient (Wildman–Crippen LogP) is 1.65. The van der Waals surface area contributed by atoms with Crippen molar-refractivity contribution in [2.45, 2.75) is 13.0 Å². The Morgan fingerprint density at radius 2 is 2.18 bits per heavy atom. The second kappa shape index (κ2) is 5.14. The average Bonchev–Trinajstić information content (AvgIpc) is 2.32. The zero-order valence-corrected chi connectivity index (χ0v) is 9.74. The molecule has 0 aliphatic carbocycles. The van der Waals surface area contributed by atoms with E-state index in [1.54, 1.807) is 17.0 Å². The van der Waals surface area contributed by atoms with Crippen LogP contribution >= 0.6 is 0 Å². The molecule has 0 radical (unpaired) electrons. The van der Waals surface area contributed by atoms with Gasteiger partial charge in [-0.15, -0.1) is 0 Å². The predicted molar refractivity (Wildman–Crippen MR) is 64.5 cm³/mol. The summed E-state index contributed by atoms with van der Waals surface area (Å²) in [4.78, 5) is 13.6. The molecule has 0 saturated carbocycles. The van der Waals surface area contributed by atoms with E-state index in [-0.39, 0.29) is 11.8 Å². The summed E-state index contributed by atoms with van der Waals surface area (Å²) in [5.74, 6) is -0.307. The number of nitrogens with one attached hydrogen (secondary N) is 2. The van der Waals surface area contributed by atoms with Crippen LogP contribution in [0.3, 0.4) is 0 Å². The summed E-state index contributed by atoms with van der Waals surface area (Å²) in [6.45, 7) is 4.22. The zero-order valence-electron chi connectivity index (χ0n) is 9.74. The van der Waals surface area contributed by atoms with Crippen molar-refractivity contribution in [3.63, 3.8) is 0 Å². The molecule has 2 amide bonds. The first kappa shape index (κ1) is 11.9. The molecule has 1 atom stereocenters. The van der Waals surface area contributed by atoms with Crippen LogP contribution in [0, 0.1) is 5.82 Å². The molecule has 1 aliphatic heterocycles. The second-order valence-corrected chi connectivity index (χ2v) is 4.24. The lowest BCUT2D eigenvalue weighted by molar-refractivity contribution is 0.192. The van der Waals surface area contributed by atoms with E-state index < -0.39 is 0 Å². The summed E-state index contributed by atoms with van der Waals surface area (Å²) in [6.07, 6.45) is 0. The first-order valence-corrected chi connectivity index (χ1v) is 5.70. The third-order valence-corrected chi connectivity index (χ3v) is 2.75. The maximum Gasteiger partial charge on any atom is 0.321 e. The molecule has 0 aromatic heterocycles. The molecule has 2 N–H and O–H groups in total. The molecule has 1 saturated heterocycles. The van der Waals surface area contributed by atoms with Crippen LogP contribution in [0.15, 0.2) is 24.3 Å². The molecule has 1 fully saturated rings. The second-order valence-electron chi connectivity index (χ2n) is 4.24. The Kier molecular flexibility index (Phi) is 3.58. The summed E-state index contributed by atoms with van der Waals surface area (Å²) in [6, 6.07) is 5.94. The van der Waals surface area contributed by atoms with Crippen LogP contribution in [0.25, 0.3) is 0 Å². The third-order valence-electron chi connectivity index (χ3n) is 2.75. The molecule has 2 rings (SSSR count). The SMILES string of the molecule is C[C@@H]1CN(C(=O)Nc2ccc(F)cc2)CCN1. The maximum absolute atomic E-state index is 12.7. The maximum atomic E-state index is 12.7. The molecule has 4 nitrogen and oxygen atoms in total. The van der Waals surface area contributed by atoms with E-state index in [1.165, 1.54) is 12.1 Å². The first-order valence-electron chi connectivity index (χ1n) is 5.70. The molecule has 5 heteroatoms. The monoisotopic (exact) mass is 237 g/mol. The highest BCUT2D eigenvalue weighted by atomic mass is 19.1. The Morgan fingerprint density at radius 1 is 1.47 bits per heavy atom. The van der Waals surface area contributed by atoms with E-state index in [0.717, 1.165) is 6.54 Å². The molecule has 0 unspecified atom stereocenters. The van der Waals surface area contributed by atoms with E-state index in [9.17, 15) is 9.18 Å². The van der Waals surface area contributed by atoms with Gasteiger partial charge in [0.05, 0.1) is 0 Å². The number of carbonyl (C=O) groups is 1. The van der Waals surface area contributed by atoms with Crippen LogP contribution in [0.2, 0.25) is 0 Å². The van der Waals surface area contributed by atoms with Crippen LogP contribution in [0.1, 0.15) is 6.92 Å². The fourth-order valence-electron chi connectivity index (χ4n) is 1.85. The lowest BCUT2D eigenvalue weighted by Crippen LogP contribution is -2.52. The highest BCUT2D eigenvalue weighted by Gasteiger charge is 2.20. The lowest BCUT2D eigenvalue weighted by atomic mass is 10.2. The van der Waals surface area contributed by atoms with Gasteiger partial charge in [0.15, 0.2) is 0 Å². The fraction of sp³-hybridized carbons (Fsp3) is 0.417. The van der Waals surface area contributed by atoms with Crippen LogP contribution in [-0.2, 0) is 0 Å². The molecule has 1 heterocycles. The van der Waals surface area contributed by atoms with Gasteiger partial charge in [0.25, 0.3) is 0 Å². The Balaban J connectivity index is 1.94. The topological polar surface area (TPSA) is 44.4 Å². The minimum atomic E-state index is -0.307. The van der Waals surface area contributed by atoms with Gasteiger partial charge in [-0.3, -0.25) is 0 Å². The van der Waals surface area contributed by atoms with Crippen LogP contribution < -0.4 is 10.6 Å². The van der Waals surface area contributed by atoms with Crippen molar-refractivity contribution in [3.8, 4) is 0 Å². The number of halogens is 1. The van der Waals surface area contributed by atoms with E-state index in [1.807, 2.05) is 6.92 Å². The standard InChI is InChI=1S/C12H16FN3O/c1-9-8-16(7-6-14-9)12(17)15-11-4-2-10(13)3-5-11/h2-5,9,14H,6-8H2,1H3,(H,15,17)/t9-/m1/s1. The molecular formula is C12H16FN3O. The van der Waals surface area contributed by atoms with Crippen molar-refractivity contribution in [1.29, 1.82) is 0 Å². The highest BCUT2D eigenvalue weighted by Crippen LogP contribution is 2.10. The minimum Gasteiger partial charge on any atom is -0.322 e. The van der Waals surface area contributed by atoms with Crippen molar-refractivity contribution in [2.75, 3.05) is 25.0 Å². The number of urea groups is 1. The zero-order chi connectivity index (χ0) is 12.3. The van der Waals surface area contributed by atoms with Gasteiger partial charge in [-0.05, 0) is 31.2 Å². The van der Waals surface area contributed by atoms with E-state index in [2.05, 4.69) is 10.6 Å². The van der Waals surface area contributed by atoms with Crippen LogP contribution in [0.4, 0.5) is 14.9 Å². The molecule has 1 aliphatic rings. The molecule has 1 aromatic carbocycles. The van der Waals surface area contributed by atoms with Gasteiger partial charge in [-0.2, -0.15) is 0 Å².